The Morgan fingerprint density at radius 3 is 1.97 bits per heavy atom. The molecule has 2 aromatic carbocycles. The van der Waals surface area contributed by atoms with Crippen molar-refractivity contribution in [2.45, 2.75) is 19.3 Å². The molecule has 0 atom stereocenters. The minimum atomic E-state index is -5.03. The van der Waals surface area contributed by atoms with Crippen LogP contribution in [0.25, 0.3) is 0 Å². The lowest BCUT2D eigenvalue weighted by atomic mass is 10.1. The third-order valence-electron chi connectivity index (χ3n) is 4.07. The number of rotatable bonds is 5. The standard InChI is InChI=1S/C20H18F6N2O3/c1-11-4-5-12(18(30)28(2)3)6-16(11)31-10-17(29)27-15-8-13(19(21,22)23)7-14(9-15)20(24,25)26/h4-9H,10H2,1-3H3,(H,27,29). The van der Waals surface area contributed by atoms with Crippen LogP contribution in [0.3, 0.4) is 0 Å². The predicted octanol–water partition coefficient (Wildman–Crippen LogP) is 4.75. The molecule has 0 radical (unpaired) electrons. The van der Waals surface area contributed by atoms with Crippen molar-refractivity contribution >= 4 is 17.5 Å². The maximum atomic E-state index is 12.9. The van der Waals surface area contributed by atoms with E-state index in [1.54, 1.807) is 33.2 Å². The third kappa shape index (κ3) is 6.37. The molecule has 2 aromatic rings. The lowest BCUT2D eigenvalue weighted by Crippen LogP contribution is -2.23. The van der Waals surface area contributed by atoms with E-state index in [0.717, 1.165) is 0 Å². The van der Waals surface area contributed by atoms with Gasteiger partial charge in [-0.15, -0.1) is 0 Å². The summed E-state index contributed by atoms with van der Waals surface area (Å²) in [5.74, 6) is -1.13. The molecule has 11 heteroatoms. The Labute approximate surface area is 173 Å². The summed E-state index contributed by atoms with van der Waals surface area (Å²) in [6.07, 6.45) is -10.1. The van der Waals surface area contributed by atoms with Crippen molar-refractivity contribution in [3.8, 4) is 5.75 Å². The molecule has 0 fully saturated rings. The van der Waals surface area contributed by atoms with Gasteiger partial charge in [-0.2, -0.15) is 26.3 Å². The highest BCUT2D eigenvalue weighted by Gasteiger charge is 2.37. The first-order valence-corrected chi connectivity index (χ1v) is 8.73. The van der Waals surface area contributed by atoms with Gasteiger partial charge >= 0.3 is 12.4 Å². The van der Waals surface area contributed by atoms with Crippen LogP contribution >= 0.6 is 0 Å². The van der Waals surface area contributed by atoms with Crippen molar-refractivity contribution in [1.29, 1.82) is 0 Å². The van der Waals surface area contributed by atoms with Crippen LogP contribution in [0.4, 0.5) is 32.0 Å². The molecule has 0 spiro atoms. The maximum absolute atomic E-state index is 12.9. The van der Waals surface area contributed by atoms with Crippen molar-refractivity contribution in [3.63, 3.8) is 0 Å². The molecule has 31 heavy (non-hydrogen) atoms. The molecule has 0 heterocycles. The highest BCUT2D eigenvalue weighted by atomic mass is 19.4. The van der Waals surface area contributed by atoms with Crippen LogP contribution < -0.4 is 10.1 Å². The van der Waals surface area contributed by atoms with Gasteiger partial charge in [-0.25, -0.2) is 0 Å². The van der Waals surface area contributed by atoms with Crippen molar-refractivity contribution in [1.82, 2.24) is 4.90 Å². The Hall–Kier alpha value is -3.24. The lowest BCUT2D eigenvalue weighted by Gasteiger charge is -2.15. The SMILES string of the molecule is Cc1ccc(C(=O)N(C)C)cc1OCC(=O)Nc1cc(C(F)(F)F)cc(C(F)(F)F)c1. The van der Waals surface area contributed by atoms with Gasteiger partial charge in [0, 0.05) is 25.3 Å². The van der Waals surface area contributed by atoms with Crippen LogP contribution in [0.1, 0.15) is 27.0 Å². The Kier molecular flexibility index (Phi) is 6.87. The second-order valence-corrected chi connectivity index (χ2v) is 6.81. The minimum absolute atomic E-state index is 0.0389. The van der Waals surface area contributed by atoms with Gasteiger partial charge in [-0.1, -0.05) is 6.07 Å². The summed E-state index contributed by atoms with van der Waals surface area (Å²) in [5.41, 5.74) is -2.93. The molecular weight excluding hydrogens is 430 g/mol. The molecule has 0 unspecified atom stereocenters. The quantitative estimate of drug-likeness (QED) is 0.672. The summed E-state index contributed by atoms with van der Waals surface area (Å²) in [6, 6.07) is 5.27. The molecule has 0 saturated heterocycles. The number of ether oxygens (including phenoxy) is 1. The van der Waals surface area contributed by atoms with E-state index >= 15 is 0 Å². The highest BCUT2D eigenvalue weighted by molar-refractivity contribution is 5.94. The van der Waals surface area contributed by atoms with E-state index in [1.807, 2.05) is 5.32 Å². The highest BCUT2D eigenvalue weighted by Crippen LogP contribution is 2.37. The Balaban J connectivity index is 2.18. The fraction of sp³-hybridized carbons (Fsp3) is 0.300. The zero-order valence-electron chi connectivity index (χ0n) is 16.6. The number of aryl methyl sites for hydroxylation is 1. The number of benzene rings is 2. The second kappa shape index (κ2) is 8.86. The Morgan fingerprint density at radius 2 is 1.48 bits per heavy atom. The minimum Gasteiger partial charge on any atom is -0.483 e. The number of hydrogen-bond acceptors (Lipinski definition) is 3. The summed E-state index contributed by atoms with van der Waals surface area (Å²) in [6.45, 7) is 0.942. The van der Waals surface area contributed by atoms with E-state index in [-0.39, 0.29) is 23.3 Å². The molecule has 0 saturated carbocycles. The first kappa shape index (κ1) is 24.0. The second-order valence-electron chi connectivity index (χ2n) is 6.81. The van der Waals surface area contributed by atoms with Gasteiger partial charge < -0.3 is 15.0 Å². The molecule has 1 N–H and O–H groups in total. The largest absolute Gasteiger partial charge is 0.483 e. The van der Waals surface area contributed by atoms with Gasteiger partial charge in [0.15, 0.2) is 6.61 Å². The number of alkyl halides is 6. The summed E-state index contributed by atoms with van der Waals surface area (Å²) < 4.78 is 82.8. The van der Waals surface area contributed by atoms with Crippen LogP contribution in [0.2, 0.25) is 0 Å². The van der Waals surface area contributed by atoms with E-state index < -0.39 is 41.7 Å². The predicted molar refractivity (Wildman–Crippen MR) is 99.8 cm³/mol. The number of nitrogens with one attached hydrogen (secondary N) is 1. The molecule has 2 rings (SSSR count). The van der Waals surface area contributed by atoms with E-state index in [9.17, 15) is 35.9 Å². The lowest BCUT2D eigenvalue weighted by molar-refractivity contribution is -0.143. The van der Waals surface area contributed by atoms with Crippen molar-refractivity contribution < 1.29 is 40.7 Å². The van der Waals surface area contributed by atoms with Crippen molar-refractivity contribution in [2.24, 2.45) is 0 Å². The topological polar surface area (TPSA) is 58.6 Å². The van der Waals surface area contributed by atoms with Gasteiger partial charge in [0.05, 0.1) is 11.1 Å². The van der Waals surface area contributed by atoms with E-state index in [0.29, 0.717) is 17.7 Å². The molecule has 0 aliphatic heterocycles. The van der Waals surface area contributed by atoms with Gasteiger partial charge in [0.25, 0.3) is 11.8 Å². The smallest absolute Gasteiger partial charge is 0.416 e. The fourth-order valence-corrected chi connectivity index (χ4v) is 2.51. The molecule has 0 bridgehead atoms. The average Bonchev–Trinajstić information content (AvgIpc) is 2.65. The van der Waals surface area contributed by atoms with Crippen LogP contribution in [0.5, 0.6) is 5.75 Å². The molecule has 0 aliphatic carbocycles. The van der Waals surface area contributed by atoms with Gasteiger partial charge in [0.1, 0.15) is 5.75 Å². The summed E-state index contributed by atoms with van der Waals surface area (Å²) >= 11 is 0. The Bertz CT molecular complexity index is 952. The van der Waals surface area contributed by atoms with Crippen molar-refractivity contribution in [3.05, 3.63) is 58.7 Å². The number of nitrogens with zero attached hydrogens (tertiary/aromatic N) is 1. The molecule has 0 aromatic heterocycles. The summed E-state index contributed by atoms with van der Waals surface area (Å²) in [5, 5.41) is 1.97. The molecule has 168 valence electrons. The molecular formula is C20H18F6N2O3. The molecule has 2 amide bonds. The van der Waals surface area contributed by atoms with Gasteiger partial charge in [0.2, 0.25) is 0 Å². The van der Waals surface area contributed by atoms with Gasteiger partial charge in [-0.05, 0) is 42.8 Å². The Morgan fingerprint density at radius 1 is 0.935 bits per heavy atom. The number of hydrogen-bond donors (Lipinski definition) is 1. The van der Waals surface area contributed by atoms with E-state index in [4.69, 9.17) is 4.74 Å². The monoisotopic (exact) mass is 448 g/mol. The number of carbonyl (C=O) groups excluding carboxylic acids is 2. The number of halogens is 6. The zero-order valence-corrected chi connectivity index (χ0v) is 16.6. The van der Waals surface area contributed by atoms with Crippen LogP contribution in [0.15, 0.2) is 36.4 Å². The summed E-state index contributed by atoms with van der Waals surface area (Å²) in [7, 11) is 3.08. The normalized spacial score (nSPS) is 11.8. The van der Waals surface area contributed by atoms with Crippen LogP contribution in [0, 0.1) is 6.92 Å². The maximum Gasteiger partial charge on any atom is 0.416 e. The average molecular weight is 448 g/mol. The van der Waals surface area contributed by atoms with Crippen molar-refractivity contribution in [2.75, 3.05) is 26.0 Å². The summed E-state index contributed by atoms with van der Waals surface area (Å²) in [4.78, 5) is 25.4. The molecule has 5 nitrogen and oxygen atoms in total. The molecule has 0 aliphatic rings. The first-order valence-electron chi connectivity index (χ1n) is 8.73. The number of amides is 2. The van der Waals surface area contributed by atoms with Crippen LogP contribution in [-0.4, -0.2) is 37.4 Å². The number of anilines is 1. The van der Waals surface area contributed by atoms with E-state index in [2.05, 4.69) is 0 Å². The number of carbonyl (C=O) groups is 2. The van der Waals surface area contributed by atoms with Crippen LogP contribution in [-0.2, 0) is 17.1 Å². The third-order valence-corrected chi connectivity index (χ3v) is 4.07. The fourth-order valence-electron chi connectivity index (χ4n) is 2.51. The van der Waals surface area contributed by atoms with Gasteiger partial charge in [-0.3, -0.25) is 9.59 Å². The first-order chi connectivity index (χ1) is 14.2. The van der Waals surface area contributed by atoms with E-state index in [1.165, 1.54) is 11.0 Å². The zero-order chi connectivity index (χ0) is 23.6.